The van der Waals surface area contributed by atoms with Gasteiger partial charge in [-0.2, -0.15) is 4.98 Å². The highest BCUT2D eigenvalue weighted by atomic mass is 15.1. The molecule has 3 N–H and O–H groups in total. The van der Waals surface area contributed by atoms with Crippen LogP contribution in [0.4, 0.5) is 11.8 Å². The predicted molar refractivity (Wildman–Crippen MR) is 67.1 cm³/mol. The molecular formula is C12H18N4. The molecule has 0 aliphatic carbocycles. The van der Waals surface area contributed by atoms with Crippen molar-refractivity contribution in [2.24, 2.45) is 0 Å². The van der Waals surface area contributed by atoms with Gasteiger partial charge in [-0.1, -0.05) is 19.3 Å². The Morgan fingerprint density at radius 3 is 2.75 bits per heavy atom. The van der Waals surface area contributed by atoms with Gasteiger partial charge in [-0.05, 0) is 20.3 Å². The summed E-state index contributed by atoms with van der Waals surface area (Å²) in [6.45, 7) is 6.72. The summed E-state index contributed by atoms with van der Waals surface area (Å²) in [7, 11) is 0. The first-order valence-electron chi connectivity index (χ1n) is 5.49. The number of nitrogen functional groups attached to an aromatic ring is 1. The third-order valence-corrected chi connectivity index (χ3v) is 2.18. The number of rotatable bonds is 4. The fourth-order valence-corrected chi connectivity index (χ4v) is 1.38. The molecule has 0 atom stereocenters. The van der Waals surface area contributed by atoms with Crippen molar-refractivity contribution in [2.75, 3.05) is 17.6 Å². The first-order valence-corrected chi connectivity index (χ1v) is 5.49. The van der Waals surface area contributed by atoms with Crippen LogP contribution in [0.5, 0.6) is 0 Å². The van der Waals surface area contributed by atoms with E-state index in [1.165, 1.54) is 0 Å². The second-order valence-corrected chi connectivity index (χ2v) is 3.55. The van der Waals surface area contributed by atoms with E-state index in [9.17, 15) is 0 Å². The van der Waals surface area contributed by atoms with Gasteiger partial charge < -0.3 is 11.1 Å². The Morgan fingerprint density at radius 1 is 1.38 bits per heavy atom. The lowest BCUT2D eigenvalue weighted by atomic mass is 10.2. The maximum atomic E-state index is 5.62. The SMILES string of the molecule is CC#Cc1c(C)nc(N)nc1NCCCC. The van der Waals surface area contributed by atoms with Crippen molar-refractivity contribution >= 4 is 11.8 Å². The minimum Gasteiger partial charge on any atom is -0.369 e. The lowest BCUT2D eigenvalue weighted by molar-refractivity contribution is 0.830. The highest BCUT2D eigenvalue weighted by Gasteiger charge is 2.07. The number of hydrogen-bond donors (Lipinski definition) is 2. The number of nitrogens with zero attached hydrogens (tertiary/aromatic N) is 2. The van der Waals surface area contributed by atoms with E-state index < -0.39 is 0 Å². The Morgan fingerprint density at radius 2 is 2.12 bits per heavy atom. The highest BCUT2D eigenvalue weighted by molar-refractivity contribution is 5.57. The van der Waals surface area contributed by atoms with Crippen LogP contribution in [0.2, 0.25) is 0 Å². The molecule has 0 aliphatic heterocycles. The van der Waals surface area contributed by atoms with Gasteiger partial charge in [-0.3, -0.25) is 0 Å². The molecule has 0 fully saturated rings. The summed E-state index contributed by atoms with van der Waals surface area (Å²) >= 11 is 0. The van der Waals surface area contributed by atoms with E-state index in [0.717, 1.165) is 36.5 Å². The number of anilines is 2. The molecule has 1 rings (SSSR count). The van der Waals surface area contributed by atoms with Crippen LogP contribution in [0.15, 0.2) is 0 Å². The minimum absolute atomic E-state index is 0.290. The molecule has 0 saturated carbocycles. The average molecular weight is 218 g/mol. The topological polar surface area (TPSA) is 63.8 Å². The van der Waals surface area contributed by atoms with Gasteiger partial charge in [0.2, 0.25) is 5.95 Å². The molecule has 0 bridgehead atoms. The molecule has 16 heavy (non-hydrogen) atoms. The van der Waals surface area contributed by atoms with E-state index in [2.05, 4.69) is 34.0 Å². The third-order valence-electron chi connectivity index (χ3n) is 2.18. The summed E-state index contributed by atoms with van der Waals surface area (Å²) in [6.07, 6.45) is 2.24. The van der Waals surface area contributed by atoms with E-state index in [4.69, 9.17) is 5.73 Å². The summed E-state index contributed by atoms with van der Waals surface area (Å²) in [5.74, 6) is 6.90. The molecule has 0 amide bonds. The molecule has 0 radical (unpaired) electrons. The Balaban J connectivity index is 2.97. The van der Waals surface area contributed by atoms with Crippen molar-refractivity contribution in [1.82, 2.24) is 9.97 Å². The zero-order chi connectivity index (χ0) is 12.0. The second-order valence-electron chi connectivity index (χ2n) is 3.55. The van der Waals surface area contributed by atoms with Crippen molar-refractivity contribution < 1.29 is 0 Å². The first-order chi connectivity index (χ1) is 7.69. The van der Waals surface area contributed by atoms with E-state index in [1.54, 1.807) is 6.92 Å². The van der Waals surface area contributed by atoms with Crippen molar-refractivity contribution in [1.29, 1.82) is 0 Å². The van der Waals surface area contributed by atoms with Crippen LogP contribution in [-0.4, -0.2) is 16.5 Å². The van der Waals surface area contributed by atoms with Crippen LogP contribution in [0.3, 0.4) is 0 Å². The smallest absolute Gasteiger partial charge is 0.222 e. The molecule has 4 nitrogen and oxygen atoms in total. The zero-order valence-corrected chi connectivity index (χ0v) is 10.1. The van der Waals surface area contributed by atoms with Gasteiger partial charge in [0.05, 0.1) is 11.3 Å². The van der Waals surface area contributed by atoms with Gasteiger partial charge in [-0.15, -0.1) is 5.92 Å². The maximum absolute atomic E-state index is 5.62. The molecule has 0 aliphatic rings. The first kappa shape index (κ1) is 12.3. The van der Waals surface area contributed by atoms with E-state index in [-0.39, 0.29) is 5.95 Å². The van der Waals surface area contributed by atoms with Gasteiger partial charge in [0, 0.05) is 6.54 Å². The van der Waals surface area contributed by atoms with Gasteiger partial charge in [-0.25, -0.2) is 4.98 Å². The van der Waals surface area contributed by atoms with Crippen LogP contribution in [-0.2, 0) is 0 Å². The van der Waals surface area contributed by atoms with E-state index in [0.29, 0.717) is 0 Å². The van der Waals surface area contributed by atoms with Crippen molar-refractivity contribution in [3.63, 3.8) is 0 Å². The fraction of sp³-hybridized carbons (Fsp3) is 0.500. The summed E-state index contributed by atoms with van der Waals surface area (Å²) in [5.41, 5.74) is 7.28. The molecule has 0 spiro atoms. The van der Waals surface area contributed by atoms with Crippen molar-refractivity contribution in [3.05, 3.63) is 11.3 Å². The Bertz CT molecular complexity index is 415. The molecule has 1 aromatic rings. The maximum Gasteiger partial charge on any atom is 0.222 e. The Kier molecular flexibility index (Phi) is 4.59. The fourth-order valence-electron chi connectivity index (χ4n) is 1.38. The zero-order valence-electron chi connectivity index (χ0n) is 10.1. The summed E-state index contributed by atoms with van der Waals surface area (Å²) < 4.78 is 0. The molecule has 0 saturated heterocycles. The van der Waals surface area contributed by atoms with Gasteiger partial charge >= 0.3 is 0 Å². The van der Waals surface area contributed by atoms with Crippen molar-refractivity contribution in [2.45, 2.75) is 33.6 Å². The Hall–Kier alpha value is -1.76. The molecule has 86 valence electrons. The third kappa shape index (κ3) is 3.13. The minimum atomic E-state index is 0.290. The molecule has 1 heterocycles. The number of hydrogen-bond acceptors (Lipinski definition) is 4. The van der Waals surface area contributed by atoms with Crippen LogP contribution in [0, 0.1) is 18.8 Å². The quantitative estimate of drug-likeness (QED) is 0.599. The number of nitrogens with one attached hydrogen (secondary N) is 1. The molecule has 0 aromatic carbocycles. The van der Waals surface area contributed by atoms with Crippen molar-refractivity contribution in [3.8, 4) is 11.8 Å². The molecular weight excluding hydrogens is 200 g/mol. The van der Waals surface area contributed by atoms with Crippen LogP contribution >= 0.6 is 0 Å². The predicted octanol–water partition coefficient (Wildman–Crippen LogP) is 1.95. The number of aromatic nitrogens is 2. The molecule has 0 unspecified atom stereocenters. The van der Waals surface area contributed by atoms with E-state index >= 15 is 0 Å². The van der Waals surface area contributed by atoms with E-state index in [1.807, 2.05) is 6.92 Å². The Labute approximate surface area is 96.7 Å². The number of aryl methyl sites for hydroxylation is 1. The number of unbranched alkanes of at least 4 members (excludes halogenated alkanes) is 1. The largest absolute Gasteiger partial charge is 0.369 e. The lowest BCUT2D eigenvalue weighted by Gasteiger charge is -2.09. The highest BCUT2D eigenvalue weighted by Crippen LogP contribution is 2.16. The summed E-state index contributed by atoms with van der Waals surface area (Å²) in [5, 5.41) is 3.25. The molecule has 1 aromatic heterocycles. The summed E-state index contributed by atoms with van der Waals surface area (Å²) in [6, 6.07) is 0. The van der Waals surface area contributed by atoms with Gasteiger partial charge in [0.25, 0.3) is 0 Å². The van der Waals surface area contributed by atoms with Gasteiger partial charge in [0.1, 0.15) is 5.82 Å². The summed E-state index contributed by atoms with van der Waals surface area (Å²) in [4.78, 5) is 8.28. The number of nitrogens with two attached hydrogens (primary N) is 1. The molecule has 4 heteroatoms. The van der Waals surface area contributed by atoms with Crippen LogP contribution in [0.25, 0.3) is 0 Å². The van der Waals surface area contributed by atoms with Crippen LogP contribution < -0.4 is 11.1 Å². The second kappa shape index (κ2) is 5.96. The average Bonchev–Trinajstić information content (AvgIpc) is 2.23. The normalized spacial score (nSPS) is 9.44. The standard InChI is InChI=1S/C12H18N4/c1-4-6-8-14-11-10(7-5-2)9(3)15-12(13)16-11/h4,6,8H2,1-3H3,(H3,13,14,15,16). The van der Waals surface area contributed by atoms with Crippen LogP contribution in [0.1, 0.15) is 37.9 Å². The lowest BCUT2D eigenvalue weighted by Crippen LogP contribution is -2.09. The van der Waals surface area contributed by atoms with Gasteiger partial charge in [0.15, 0.2) is 0 Å². The monoisotopic (exact) mass is 218 g/mol.